The molecule has 0 saturated carbocycles. The summed E-state index contributed by atoms with van der Waals surface area (Å²) in [6.07, 6.45) is 1.08. The third-order valence-electron chi connectivity index (χ3n) is 3.32. The molecule has 1 saturated heterocycles. The minimum Gasteiger partial charge on any atom is -0.496 e. The van der Waals surface area contributed by atoms with Crippen molar-refractivity contribution < 1.29 is 9.47 Å². The lowest BCUT2D eigenvalue weighted by Gasteiger charge is -2.20. The van der Waals surface area contributed by atoms with Crippen LogP contribution in [0.2, 0.25) is 0 Å². The largest absolute Gasteiger partial charge is 0.496 e. The number of rotatable bonds is 3. The molecule has 1 heterocycles. The molecule has 1 aliphatic rings. The van der Waals surface area contributed by atoms with Gasteiger partial charge in [-0.3, -0.25) is 4.90 Å². The first-order valence-electron chi connectivity index (χ1n) is 6.99. The monoisotopic (exact) mass is 274 g/mol. The summed E-state index contributed by atoms with van der Waals surface area (Å²) in [5.41, 5.74) is 7.57. The standard InChI is InChI=1S/C16H22N2O2/c1-19-16-6-5-14(4-2-7-17)12-15(16)13-18-8-3-10-20-11-9-18/h5-6,12H,3,7-11,13,17H2,1H3. The normalized spacial score (nSPS) is 16.1. The first-order chi connectivity index (χ1) is 9.83. The van der Waals surface area contributed by atoms with Crippen molar-refractivity contribution in [3.8, 4) is 17.6 Å². The average Bonchev–Trinajstić information content (AvgIpc) is 2.74. The van der Waals surface area contributed by atoms with E-state index in [-0.39, 0.29) is 0 Å². The van der Waals surface area contributed by atoms with Crippen LogP contribution in [0.15, 0.2) is 18.2 Å². The number of nitrogens with zero attached hydrogens (tertiary/aromatic N) is 1. The van der Waals surface area contributed by atoms with Gasteiger partial charge in [0.2, 0.25) is 0 Å². The summed E-state index contributed by atoms with van der Waals surface area (Å²) in [6, 6.07) is 6.04. The highest BCUT2D eigenvalue weighted by Gasteiger charge is 2.12. The smallest absolute Gasteiger partial charge is 0.123 e. The lowest BCUT2D eigenvalue weighted by Crippen LogP contribution is -2.26. The molecule has 4 heteroatoms. The molecule has 0 radical (unpaired) electrons. The third kappa shape index (κ3) is 4.24. The van der Waals surface area contributed by atoms with Gasteiger partial charge in [-0.05, 0) is 24.6 Å². The van der Waals surface area contributed by atoms with Crippen molar-refractivity contribution in [2.75, 3.05) is 40.0 Å². The lowest BCUT2D eigenvalue weighted by atomic mass is 10.1. The maximum atomic E-state index is 5.49. The van der Waals surface area contributed by atoms with E-state index in [4.69, 9.17) is 15.2 Å². The summed E-state index contributed by atoms with van der Waals surface area (Å²) >= 11 is 0. The maximum Gasteiger partial charge on any atom is 0.123 e. The topological polar surface area (TPSA) is 47.7 Å². The molecule has 1 aromatic rings. The van der Waals surface area contributed by atoms with E-state index >= 15 is 0 Å². The predicted octanol–water partition coefficient (Wildman–Crippen LogP) is 1.23. The molecule has 0 atom stereocenters. The number of benzene rings is 1. The van der Waals surface area contributed by atoms with Crippen LogP contribution in [0.25, 0.3) is 0 Å². The highest BCUT2D eigenvalue weighted by atomic mass is 16.5. The van der Waals surface area contributed by atoms with E-state index < -0.39 is 0 Å². The molecular formula is C16H22N2O2. The van der Waals surface area contributed by atoms with Crippen LogP contribution in [0, 0.1) is 11.8 Å². The summed E-state index contributed by atoms with van der Waals surface area (Å²) in [4.78, 5) is 2.39. The van der Waals surface area contributed by atoms with Crippen molar-refractivity contribution in [1.82, 2.24) is 4.90 Å². The van der Waals surface area contributed by atoms with Gasteiger partial charge in [0.05, 0.1) is 20.3 Å². The fraction of sp³-hybridized carbons (Fsp3) is 0.500. The zero-order valence-corrected chi connectivity index (χ0v) is 12.0. The van der Waals surface area contributed by atoms with E-state index in [1.165, 1.54) is 5.56 Å². The Morgan fingerprint density at radius 2 is 2.25 bits per heavy atom. The highest BCUT2D eigenvalue weighted by molar-refractivity contribution is 5.44. The fourth-order valence-corrected chi connectivity index (χ4v) is 2.33. The van der Waals surface area contributed by atoms with Crippen molar-refractivity contribution in [3.63, 3.8) is 0 Å². The van der Waals surface area contributed by atoms with Crippen molar-refractivity contribution >= 4 is 0 Å². The lowest BCUT2D eigenvalue weighted by molar-refractivity contribution is 0.140. The zero-order chi connectivity index (χ0) is 14.2. The van der Waals surface area contributed by atoms with E-state index in [9.17, 15) is 0 Å². The number of ether oxygens (including phenoxy) is 2. The Labute approximate surface area is 120 Å². The predicted molar refractivity (Wildman–Crippen MR) is 79.6 cm³/mol. The fourth-order valence-electron chi connectivity index (χ4n) is 2.33. The Kier molecular flexibility index (Phi) is 5.87. The molecule has 0 bridgehead atoms. The van der Waals surface area contributed by atoms with Crippen LogP contribution in [0.4, 0.5) is 0 Å². The van der Waals surface area contributed by atoms with E-state index in [1.54, 1.807) is 7.11 Å². The summed E-state index contributed by atoms with van der Waals surface area (Å²) in [5, 5.41) is 0. The number of methoxy groups -OCH3 is 1. The molecule has 2 N–H and O–H groups in total. The molecule has 20 heavy (non-hydrogen) atoms. The first kappa shape index (κ1) is 14.9. The van der Waals surface area contributed by atoms with Gasteiger partial charge in [-0.2, -0.15) is 0 Å². The molecule has 0 spiro atoms. The van der Waals surface area contributed by atoms with E-state index in [0.717, 1.165) is 50.6 Å². The van der Waals surface area contributed by atoms with Gasteiger partial charge in [-0.1, -0.05) is 11.8 Å². The number of nitrogens with two attached hydrogens (primary N) is 1. The van der Waals surface area contributed by atoms with Crippen LogP contribution < -0.4 is 10.5 Å². The van der Waals surface area contributed by atoms with Crippen LogP contribution in [0.3, 0.4) is 0 Å². The van der Waals surface area contributed by atoms with Crippen LogP contribution in [-0.2, 0) is 11.3 Å². The number of hydrogen-bond acceptors (Lipinski definition) is 4. The Morgan fingerprint density at radius 3 is 3.05 bits per heavy atom. The Balaban J connectivity index is 2.14. The molecule has 1 aliphatic heterocycles. The molecule has 1 aromatic carbocycles. The van der Waals surface area contributed by atoms with E-state index in [2.05, 4.69) is 22.8 Å². The highest BCUT2D eigenvalue weighted by Crippen LogP contribution is 2.21. The van der Waals surface area contributed by atoms with Gasteiger partial charge < -0.3 is 15.2 Å². The van der Waals surface area contributed by atoms with E-state index in [1.807, 2.05) is 12.1 Å². The minimum absolute atomic E-state index is 0.380. The zero-order valence-electron chi connectivity index (χ0n) is 12.0. The summed E-state index contributed by atoms with van der Waals surface area (Å²) in [5.74, 6) is 6.87. The van der Waals surface area contributed by atoms with Gasteiger partial charge in [0.15, 0.2) is 0 Å². The third-order valence-corrected chi connectivity index (χ3v) is 3.32. The van der Waals surface area contributed by atoms with Crippen LogP contribution in [0.5, 0.6) is 5.75 Å². The molecule has 108 valence electrons. The van der Waals surface area contributed by atoms with Crippen LogP contribution >= 0.6 is 0 Å². The SMILES string of the molecule is COc1ccc(C#CCN)cc1CN1CCCOCC1. The Hall–Kier alpha value is -1.54. The molecular weight excluding hydrogens is 252 g/mol. The van der Waals surface area contributed by atoms with E-state index in [0.29, 0.717) is 6.54 Å². The van der Waals surface area contributed by atoms with Gasteiger partial charge in [0.1, 0.15) is 5.75 Å². The maximum absolute atomic E-state index is 5.49. The summed E-state index contributed by atoms with van der Waals surface area (Å²) < 4.78 is 10.9. The van der Waals surface area contributed by atoms with Gasteiger partial charge in [0, 0.05) is 37.4 Å². The van der Waals surface area contributed by atoms with Crippen LogP contribution in [0.1, 0.15) is 17.5 Å². The average molecular weight is 274 g/mol. The van der Waals surface area contributed by atoms with Gasteiger partial charge in [-0.25, -0.2) is 0 Å². The molecule has 0 aromatic heterocycles. The molecule has 2 rings (SSSR count). The molecule has 0 amide bonds. The minimum atomic E-state index is 0.380. The van der Waals surface area contributed by atoms with Gasteiger partial charge in [-0.15, -0.1) is 0 Å². The van der Waals surface area contributed by atoms with Crippen molar-refractivity contribution in [2.45, 2.75) is 13.0 Å². The number of hydrogen-bond donors (Lipinski definition) is 1. The quantitative estimate of drug-likeness (QED) is 0.842. The van der Waals surface area contributed by atoms with Crippen molar-refractivity contribution in [2.24, 2.45) is 5.73 Å². The van der Waals surface area contributed by atoms with Gasteiger partial charge in [0.25, 0.3) is 0 Å². The van der Waals surface area contributed by atoms with Crippen LogP contribution in [-0.4, -0.2) is 44.9 Å². The Bertz CT molecular complexity index is 483. The second kappa shape index (κ2) is 7.91. The van der Waals surface area contributed by atoms with Crippen molar-refractivity contribution in [1.29, 1.82) is 0 Å². The van der Waals surface area contributed by atoms with Gasteiger partial charge >= 0.3 is 0 Å². The van der Waals surface area contributed by atoms with Crippen molar-refractivity contribution in [3.05, 3.63) is 29.3 Å². The molecule has 1 fully saturated rings. The molecule has 0 aliphatic carbocycles. The first-order valence-corrected chi connectivity index (χ1v) is 6.99. The summed E-state index contributed by atoms with van der Waals surface area (Å²) in [7, 11) is 1.70. The second-order valence-electron chi connectivity index (χ2n) is 4.77. The molecule has 0 unspecified atom stereocenters. The molecule has 4 nitrogen and oxygen atoms in total. The second-order valence-corrected chi connectivity index (χ2v) is 4.77. The Morgan fingerprint density at radius 1 is 1.35 bits per heavy atom. The summed E-state index contributed by atoms with van der Waals surface area (Å²) in [6.45, 7) is 4.92.